The van der Waals surface area contributed by atoms with Crippen molar-refractivity contribution in [2.45, 2.75) is 20.1 Å². The van der Waals surface area contributed by atoms with Gasteiger partial charge >= 0.3 is 0 Å². The molecule has 0 unspecified atom stereocenters. The topological polar surface area (TPSA) is 31.6 Å². The van der Waals surface area contributed by atoms with Gasteiger partial charge in [0.2, 0.25) is 0 Å². The maximum Gasteiger partial charge on any atom is 0.180 e. The minimum Gasteiger partial charge on any atom is -0.493 e. The molecule has 0 bridgehead atoms. The van der Waals surface area contributed by atoms with E-state index in [1.807, 2.05) is 47.6 Å². The number of nitrogens with zero attached hydrogens (tertiary/aromatic N) is 3. The number of aryl methyl sites for hydroxylation is 1. The Morgan fingerprint density at radius 1 is 1.23 bits per heavy atom. The van der Waals surface area contributed by atoms with E-state index in [4.69, 9.17) is 21.7 Å². The SMILES string of the molecule is CCOc1ccc(CN(C)Cn2ccn(C)c2=S)cc1OC. The molecule has 0 radical (unpaired) electrons. The fourth-order valence-electron chi connectivity index (χ4n) is 2.33. The Morgan fingerprint density at radius 3 is 2.59 bits per heavy atom. The first-order chi connectivity index (χ1) is 10.5. The molecule has 0 atom stereocenters. The maximum atomic E-state index is 5.54. The van der Waals surface area contributed by atoms with Gasteiger partial charge in [-0.2, -0.15) is 0 Å². The third kappa shape index (κ3) is 3.90. The largest absolute Gasteiger partial charge is 0.493 e. The molecule has 120 valence electrons. The van der Waals surface area contributed by atoms with E-state index in [1.165, 1.54) is 5.56 Å². The molecule has 1 aromatic heterocycles. The summed E-state index contributed by atoms with van der Waals surface area (Å²) in [5, 5.41) is 0. The van der Waals surface area contributed by atoms with Gasteiger partial charge in [-0.15, -0.1) is 0 Å². The third-order valence-corrected chi connectivity index (χ3v) is 3.91. The van der Waals surface area contributed by atoms with Gasteiger partial charge in [-0.1, -0.05) is 6.07 Å². The molecule has 0 aliphatic carbocycles. The first-order valence-electron chi connectivity index (χ1n) is 7.25. The molecule has 0 N–H and O–H groups in total. The van der Waals surface area contributed by atoms with E-state index in [9.17, 15) is 0 Å². The molecule has 0 aliphatic rings. The van der Waals surface area contributed by atoms with Crippen LogP contribution in [0.5, 0.6) is 11.5 Å². The highest BCUT2D eigenvalue weighted by atomic mass is 32.1. The Labute approximate surface area is 136 Å². The average molecular weight is 321 g/mol. The van der Waals surface area contributed by atoms with Crippen molar-refractivity contribution in [1.82, 2.24) is 14.0 Å². The monoisotopic (exact) mass is 321 g/mol. The van der Waals surface area contributed by atoms with Crippen molar-refractivity contribution in [2.24, 2.45) is 7.05 Å². The van der Waals surface area contributed by atoms with Gasteiger partial charge in [-0.25, -0.2) is 0 Å². The highest BCUT2D eigenvalue weighted by molar-refractivity contribution is 7.71. The number of benzene rings is 1. The lowest BCUT2D eigenvalue weighted by molar-refractivity contribution is 0.257. The molecule has 2 aromatic rings. The lowest BCUT2D eigenvalue weighted by atomic mass is 10.2. The van der Waals surface area contributed by atoms with Crippen LogP contribution in [0.3, 0.4) is 0 Å². The van der Waals surface area contributed by atoms with Crippen LogP contribution in [-0.2, 0) is 20.3 Å². The predicted molar refractivity (Wildman–Crippen MR) is 89.9 cm³/mol. The van der Waals surface area contributed by atoms with E-state index in [1.54, 1.807) is 7.11 Å². The summed E-state index contributed by atoms with van der Waals surface area (Å²) in [6, 6.07) is 6.04. The quantitative estimate of drug-likeness (QED) is 0.734. The van der Waals surface area contributed by atoms with E-state index in [-0.39, 0.29) is 0 Å². The van der Waals surface area contributed by atoms with Gasteiger partial charge in [0.1, 0.15) is 0 Å². The fourth-order valence-corrected chi connectivity index (χ4v) is 2.50. The molecule has 0 spiro atoms. The Balaban J connectivity index is 2.06. The van der Waals surface area contributed by atoms with Crippen molar-refractivity contribution in [3.63, 3.8) is 0 Å². The molecule has 0 amide bonds. The zero-order valence-corrected chi connectivity index (χ0v) is 14.4. The molecule has 0 saturated heterocycles. The van der Waals surface area contributed by atoms with E-state index in [0.29, 0.717) is 6.61 Å². The van der Waals surface area contributed by atoms with Crippen LogP contribution in [0.15, 0.2) is 30.6 Å². The van der Waals surface area contributed by atoms with E-state index < -0.39 is 0 Å². The second kappa shape index (κ2) is 7.47. The van der Waals surface area contributed by atoms with Crippen LogP contribution >= 0.6 is 12.2 Å². The molecular weight excluding hydrogens is 298 g/mol. The fraction of sp³-hybridized carbons (Fsp3) is 0.438. The Kier molecular flexibility index (Phi) is 5.63. The van der Waals surface area contributed by atoms with E-state index in [0.717, 1.165) is 29.5 Å². The summed E-state index contributed by atoms with van der Waals surface area (Å²) < 4.78 is 15.7. The zero-order valence-electron chi connectivity index (χ0n) is 13.6. The summed E-state index contributed by atoms with van der Waals surface area (Å²) in [4.78, 5) is 2.20. The Morgan fingerprint density at radius 2 is 2.00 bits per heavy atom. The molecule has 5 nitrogen and oxygen atoms in total. The van der Waals surface area contributed by atoms with Crippen LogP contribution in [0.2, 0.25) is 0 Å². The van der Waals surface area contributed by atoms with Crippen LogP contribution in [0.1, 0.15) is 12.5 Å². The summed E-state index contributed by atoms with van der Waals surface area (Å²) in [5.41, 5.74) is 1.17. The lowest BCUT2D eigenvalue weighted by Gasteiger charge is -2.18. The molecule has 0 aliphatic heterocycles. The molecule has 1 aromatic carbocycles. The number of rotatable bonds is 7. The van der Waals surface area contributed by atoms with E-state index in [2.05, 4.69) is 18.0 Å². The van der Waals surface area contributed by atoms with Crippen molar-refractivity contribution in [3.05, 3.63) is 40.9 Å². The Bertz CT molecular complexity index is 678. The van der Waals surface area contributed by atoms with E-state index >= 15 is 0 Å². The van der Waals surface area contributed by atoms with Crippen molar-refractivity contribution in [3.8, 4) is 11.5 Å². The normalized spacial score (nSPS) is 11.0. The molecule has 0 saturated carbocycles. The predicted octanol–water partition coefficient (Wildman–Crippen LogP) is 3.05. The van der Waals surface area contributed by atoms with Crippen LogP contribution in [-0.4, -0.2) is 34.8 Å². The molecule has 1 heterocycles. The number of hydrogen-bond donors (Lipinski definition) is 0. The minimum absolute atomic E-state index is 0.627. The van der Waals surface area contributed by atoms with Crippen LogP contribution in [0, 0.1) is 4.77 Å². The highest BCUT2D eigenvalue weighted by Gasteiger charge is 2.08. The minimum atomic E-state index is 0.627. The molecule has 0 fully saturated rings. The summed E-state index contributed by atoms with van der Waals surface area (Å²) in [7, 11) is 5.68. The van der Waals surface area contributed by atoms with Gasteiger partial charge in [0.05, 0.1) is 20.4 Å². The summed E-state index contributed by atoms with van der Waals surface area (Å²) in [6.45, 7) is 4.14. The third-order valence-electron chi connectivity index (χ3n) is 3.39. The molecule has 22 heavy (non-hydrogen) atoms. The van der Waals surface area contributed by atoms with Gasteiger partial charge in [0, 0.05) is 26.0 Å². The molecule has 6 heteroatoms. The first kappa shape index (κ1) is 16.6. The van der Waals surface area contributed by atoms with Crippen molar-refractivity contribution in [1.29, 1.82) is 0 Å². The standard InChI is InChI=1S/C16H23N3O2S/c1-5-21-14-7-6-13(10-15(14)20-4)11-17(2)12-19-9-8-18(3)16(19)22/h6-10H,5,11-12H2,1-4H3. The smallest absolute Gasteiger partial charge is 0.180 e. The van der Waals surface area contributed by atoms with Gasteiger partial charge in [0.25, 0.3) is 0 Å². The summed E-state index contributed by atoms with van der Waals surface area (Å²) in [6.07, 6.45) is 3.97. The second-order valence-corrected chi connectivity index (χ2v) is 5.60. The summed E-state index contributed by atoms with van der Waals surface area (Å²) in [5.74, 6) is 1.55. The second-order valence-electron chi connectivity index (χ2n) is 5.24. The van der Waals surface area contributed by atoms with Crippen molar-refractivity contribution in [2.75, 3.05) is 20.8 Å². The molecular formula is C16H23N3O2S. The van der Waals surface area contributed by atoms with Gasteiger partial charge in [0.15, 0.2) is 16.3 Å². The van der Waals surface area contributed by atoms with Crippen LogP contribution in [0.25, 0.3) is 0 Å². The van der Waals surface area contributed by atoms with Crippen LogP contribution in [0.4, 0.5) is 0 Å². The van der Waals surface area contributed by atoms with Crippen LogP contribution < -0.4 is 9.47 Å². The van der Waals surface area contributed by atoms with Gasteiger partial charge < -0.3 is 18.6 Å². The van der Waals surface area contributed by atoms with Gasteiger partial charge in [-0.05, 0) is 43.9 Å². The number of ether oxygens (including phenoxy) is 2. The number of aromatic nitrogens is 2. The lowest BCUT2D eigenvalue weighted by Crippen LogP contribution is -2.21. The average Bonchev–Trinajstić information content (AvgIpc) is 2.81. The maximum absolute atomic E-state index is 5.54. The zero-order chi connectivity index (χ0) is 16.1. The number of imidazole rings is 1. The first-order valence-corrected chi connectivity index (χ1v) is 7.66. The van der Waals surface area contributed by atoms with Crippen molar-refractivity contribution >= 4 is 12.2 Å². The number of methoxy groups -OCH3 is 1. The van der Waals surface area contributed by atoms with Crippen molar-refractivity contribution < 1.29 is 9.47 Å². The van der Waals surface area contributed by atoms with Gasteiger partial charge in [-0.3, -0.25) is 4.90 Å². The highest BCUT2D eigenvalue weighted by Crippen LogP contribution is 2.28. The Hall–Kier alpha value is -1.79. The number of hydrogen-bond acceptors (Lipinski definition) is 4. The molecule has 2 rings (SSSR count). The summed E-state index contributed by atoms with van der Waals surface area (Å²) >= 11 is 5.36.